The van der Waals surface area contributed by atoms with Gasteiger partial charge in [-0.25, -0.2) is 0 Å². The third-order valence-corrected chi connectivity index (χ3v) is 5.91. The number of nitrogens with zero attached hydrogens (tertiary/aromatic N) is 4. The van der Waals surface area contributed by atoms with Crippen molar-refractivity contribution in [3.05, 3.63) is 78.4 Å². The quantitative estimate of drug-likeness (QED) is 0.526. The average molecular weight is 399 g/mol. The number of carbonyl (C=O) groups excluding carboxylic acids is 1. The predicted octanol–water partition coefficient (Wildman–Crippen LogP) is 4.29. The van der Waals surface area contributed by atoms with Crippen molar-refractivity contribution in [2.24, 2.45) is 0 Å². The molecule has 4 aromatic heterocycles. The summed E-state index contributed by atoms with van der Waals surface area (Å²) in [7, 11) is 0. The van der Waals surface area contributed by atoms with Crippen molar-refractivity contribution >= 4 is 11.4 Å². The van der Waals surface area contributed by atoms with Crippen molar-refractivity contribution in [1.82, 2.24) is 24.5 Å². The lowest BCUT2D eigenvalue weighted by Gasteiger charge is -2.08. The largest absolute Gasteiger partial charge is 0.352 e. The summed E-state index contributed by atoms with van der Waals surface area (Å²) in [5.74, 6) is -0.0657. The maximum Gasteiger partial charge on any atom is 0.253 e. The highest BCUT2D eigenvalue weighted by atomic mass is 16.1. The van der Waals surface area contributed by atoms with Crippen LogP contribution in [0.2, 0.25) is 0 Å². The first-order chi connectivity index (χ1) is 14.8. The Morgan fingerprint density at radius 3 is 2.83 bits per heavy atom. The van der Waals surface area contributed by atoms with E-state index in [-0.39, 0.29) is 5.91 Å². The van der Waals surface area contributed by atoms with E-state index in [1.54, 1.807) is 6.20 Å². The van der Waals surface area contributed by atoms with Crippen LogP contribution in [0.25, 0.3) is 16.9 Å². The Morgan fingerprint density at radius 2 is 2.00 bits per heavy atom. The number of rotatable bonds is 6. The van der Waals surface area contributed by atoms with Gasteiger partial charge in [-0.1, -0.05) is 25.0 Å². The van der Waals surface area contributed by atoms with Gasteiger partial charge < -0.3 is 9.72 Å². The minimum absolute atomic E-state index is 0.0657. The molecule has 152 valence electrons. The lowest BCUT2D eigenvalue weighted by atomic mass is 10.2. The molecule has 1 N–H and O–H groups in total. The van der Waals surface area contributed by atoms with Gasteiger partial charge in [0.25, 0.3) is 5.91 Å². The summed E-state index contributed by atoms with van der Waals surface area (Å²) in [5.41, 5.74) is 4.52. The molecule has 0 aliphatic heterocycles. The highest BCUT2D eigenvalue weighted by Crippen LogP contribution is 2.31. The highest BCUT2D eigenvalue weighted by Gasteiger charge is 2.20. The fourth-order valence-electron chi connectivity index (χ4n) is 4.34. The predicted molar refractivity (Wildman–Crippen MR) is 116 cm³/mol. The van der Waals surface area contributed by atoms with Crippen LogP contribution in [0, 0.1) is 0 Å². The summed E-state index contributed by atoms with van der Waals surface area (Å²) < 4.78 is 4.15. The standard InChI is InChI=1S/C24H25N5O/c30-24(26-13-10-18-6-5-12-25-17-18)20-16-23(28-14-4-3-9-22(20)28)21-11-15-29(27-21)19-7-1-2-8-19/h3-6,9,11-12,14-17,19H,1-2,7-8,10,13H2,(H,26,30). The van der Waals surface area contributed by atoms with E-state index in [0.717, 1.165) is 28.9 Å². The van der Waals surface area contributed by atoms with Gasteiger partial charge in [0.2, 0.25) is 0 Å². The smallest absolute Gasteiger partial charge is 0.253 e. The van der Waals surface area contributed by atoms with Crippen LogP contribution >= 0.6 is 0 Å². The molecule has 0 aromatic carbocycles. The number of carbonyl (C=O) groups is 1. The van der Waals surface area contributed by atoms with E-state index in [1.165, 1.54) is 25.7 Å². The number of hydrogen-bond donors (Lipinski definition) is 1. The van der Waals surface area contributed by atoms with Crippen LogP contribution in [0.1, 0.15) is 47.6 Å². The monoisotopic (exact) mass is 399 g/mol. The van der Waals surface area contributed by atoms with Crippen LogP contribution in [0.3, 0.4) is 0 Å². The molecular formula is C24H25N5O. The Kier molecular flexibility index (Phi) is 5.05. The summed E-state index contributed by atoms with van der Waals surface area (Å²) in [6.45, 7) is 0.570. The van der Waals surface area contributed by atoms with Gasteiger partial charge in [-0.15, -0.1) is 0 Å². The molecular weight excluding hydrogens is 374 g/mol. The molecule has 0 spiro atoms. The number of nitrogens with one attached hydrogen (secondary N) is 1. The minimum Gasteiger partial charge on any atom is -0.352 e. The molecule has 1 amide bonds. The zero-order chi connectivity index (χ0) is 20.3. The van der Waals surface area contributed by atoms with Crippen LogP contribution in [-0.2, 0) is 6.42 Å². The van der Waals surface area contributed by atoms with E-state index in [2.05, 4.69) is 31.6 Å². The molecule has 0 atom stereocenters. The first-order valence-electron chi connectivity index (χ1n) is 10.6. The zero-order valence-corrected chi connectivity index (χ0v) is 16.9. The number of pyridine rings is 2. The number of aromatic nitrogens is 4. The second-order valence-electron chi connectivity index (χ2n) is 7.89. The minimum atomic E-state index is -0.0657. The Hall–Kier alpha value is -3.41. The molecule has 0 saturated heterocycles. The van der Waals surface area contributed by atoms with Crippen molar-refractivity contribution in [3.8, 4) is 11.4 Å². The summed E-state index contributed by atoms with van der Waals surface area (Å²) in [5, 5.41) is 7.89. The van der Waals surface area contributed by atoms with Gasteiger partial charge in [0, 0.05) is 31.3 Å². The molecule has 5 rings (SSSR count). The Labute approximate surface area is 175 Å². The molecule has 4 aromatic rings. The van der Waals surface area contributed by atoms with E-state index in [9.17, 15) is 4.79 Å². The van der Waals surface area contributed by atoms with Crippen LogP contribution in [-0.4, -0.2) is 31.6 Å². The summed E-state index contributed by atoms with van der Waals surface area (Å²) in [6.07, 6.45) is 13.3. The van der Waals surface area contributed by atoms with Gasteiger partial charge in [0.15, 0.2) is 0 Å². The molecule has 4 heterocycles. The molecule has 1 aliphatic carbocycles. The second-order valence-corrected chi connectivity index (χ2v) is 7.89. The SMILES string of the molecule is O=C(NCCc1cccnc1)c1cc(-c2ccn(C3CCCC3)n2)n2ccccc12. The lowest BCUT2D eigenvalue weighted by Crippen LogP contribution is -2.25. The van der Waals surface area contributed by atoms with E-state index in [0.29, 0.717) is 18.2 Å². The number of amides is 1. The van der Waals surface area contributed by atoms with Gasteiger partial charge in [-0.2, -0.15) is 5.10 Å². The number of fused-ring (bicyclic) bond motifs is 1. The Bertz CT molecular complexity index is 1150. The van der Waals surface area contributed by atoms with Crippen molar-refractivity contribution < 1.29 is 4.79 Å². The fourth-order valence-corrected chi connectivity index (χ4v) is 4.34. The van der Waals surface area contributed by atoms with Crippen molar-refractivity contribution in [1.29, 1.82) is 0 Å². The van der Waals surface area contributed by atoms with E-state index >= 15 is 0 Å². The molecule has 1 saturated carbocycles. The third kappa shape index (κ3) is 3.61. The first kappa shape index (κ1) is 18.6. The van der Waals surface area contributed by atoms with Gasteiger partial charge in [0.1, 0.15) is 5.69 Å². The van der Waals surface area contributed by atoms with E-state index < -0.39 is 0 Å². The molecule has 6 heteroatoms. The van der Waals surface area contributed by atoms with Gasteiger partial charge >= 0.3 is 0 Å². The molecule has 0 bridgehead atoms. The lowest BCUT2D eigenvalue weighted by molar-refractivity contribution is 0.0956. The average Bonchev–Trinajstić information content (AvgIpc) is 3.53. The van der Waals surface area contributed by atoms with Crippen molar-refractivity contribution in [2.45, 2.75) is 38.1 Å². The highest BCUT2D eigenvalue weighted by molar-refractivity contribution is 6.02. The second kappa shape index (κ2) is 8.14. The van der Waals surface area contributed by atoms with Crippen molar-refractivity contribution in [2.75, 3.05) is 6.54 Å². The first-order valence-corrected chi connectivity index (χ1v) is 10.6. The normalized spacial score (nSPS) is 14.4. The molecule has 0 radical (unpaired) electrons. The zero-order valence-electron chi connectivity index (χ0n) is 16.9. The maximum absolute atomic E-state index is 12.9. The third-order valence-electron chi connectivity index (χ3n) is 5.91. The maximum atomic E-state index is 12.9. The van der Waals surface area contributed by atoms with E-state index in [1.807, 2.05) is 48.8 Å². The molecule has 30 heavy (non-hydrogen) atoms. The molecule has 1 aliphatic rings. The van der Waals surface area contributed by atoms with Crippen LogP contribution in [0.15, 0.2) is 67.3 Å². The molecule has 0 unspecified atom stereocenters. The van der Waals surface area contributed by atoms with Gasteiger partial charge in [-0.3, -0.25) is 14.5 Å². The van der Waals surface area contributed by atoms with Gasteiger partial charge in [-0.05, 0) is 55.2 Å². The Balaban J connectivity index is 1.39. The molecule has 1 fully saturated rings. The van der Waals surface area contributed by atoms with Crippen LogP contribution in [0.5, 0.6) is 0 Å². The summed E-state index contributed by atoms with van der Waals surface area (Å²) in [4.78, 5) is 17.1. The van der Waals surface area contributed by atoms with E-state index in [4.69, 9.17) is 5.10 Å². The summed E-state index contributed by atoms with van der Waals surface area (Å²) in [6, 6.07) is 14.4. The van der Waals surface area contributed by atoms with Gasteiger partial charge in [0.05, 0.1) is 22.8 Å². The van der Waals surface area contributed by atoms with Crippen molar-refractivity contribution in [3.63, 3.8) is 0 Å². The van der Waals surface area contributed by atoms with Crippen LogP contribution < -0.4 is 5.32 Å². The Morgan fingerprint density at radius 1 is 1.10 bits per heavy atom. The number of hydrogen-bond acceptors (Lipinski definition) is 3. The summed E-state index contributed by atoms with van der Waals surface area (Å²) >= 11 is 0. The fraction of sp³-hybridized carbons (Fsp3) is 0.292. The topological polar surface area (TPSA) is 64.2 Å². The van der Waals surface area contributed by atoms with Crippen LogP contribution in [0.4, 0.5) is 0 Å². The molecule has 6 nitrogen and oxygen atoms in total.